The van der Waals surface area contributed by atoms with Crippen LogP contribution in [0.1, 0.15) is 32.9 Å². The molecule has 0 radical (unpaired) electrons. The van der Waals surface area contributed by atoms with Crippen LogP contribution in [0.25, 0.3) is 0 Å². The third-order valence-corrected chi connectivity index (χ3v) is 4.28. The molecule has 0 atom stereocenters. The number of hydrogen-bond acceptors (Lipinski definition) is 3. The third kappa shape index (κ3) is 4.21. The van der Waals surface area contributed by atoms with E-state index in [1.54, 1.807) is 11.3 Å². The molecule has 0 unspecified atom stereocenters. The van der Waals surface area contributed by atoms with Gasteiger partial charge in [0.05, 0.1) is 6.61 Å². The molecule has 1 heterocycles. The Labute approximate surface area is 130 Å². The van der Waals surface area contributed by atoms with E-state index < -0.39 is 0 Å². The van der Waals surface area contributed by atoms with Crippen LogP contribution in [-0.4, -0.2) is 11.2 Å². The first-order valence-electron chi connectivity index (χ1n) is 7.53. The van der Waals surface area contributed by atoms with Gasteiger partial charge in [-0.3, -0.25) is 0 Å². The molecule has 0 amide bonds. The van der Waals surface area contributed by atoms with Crippen LogP contribution in [0.4, 0.5) is 5.69 Å². The van der Waals surface area contributed by atoms with Crippen LogP contribution >= 0.6 is 11.3 Å². The predicted molar refractivity (Wildman–Crippen MR) is 89.3 cm³/mol. The first-order valence-corrected chi connectivity index (χ1v) is 8.41. The second kappa shape index (κ2) is 7.46. The first-order chi connectivity index (χ1) is 10.1. The standard InChI is InChI=1S/C17H24N2OS/c1-5-20-16-9-7-6-8-15(16)18-17-19(11-10-13(2)3)14(4)12-21-17/h6-9,12-13H,5,10-11H2,1-4H3. The summed E-state index contributed by atoms with van der Waals surface area (Å²) in [4.78, 5) is 5.86. The first kappa shape index (κ1) is 15.8. The maximum atomic E-state index is 5.66. The van der Waals surface area contributed by atoms with Gasteiger partial charge in [0.15, 0.2) is 4.80 Å². The highest BCUT2D eigenvalue weighted by Crippen LogP contribution is 2.26. The Morgan fingerprint density at radius 1 is 1.29 bits per heavy atom. The van der Waals surface area contributed by atoms with Gasteiger partial charge >= 0.3 is 0 Å². The monoisotopic (exact) mass is 304 g/mol. The summed E-state index contributed by atoms with van der Waals surface area (Å²) in [7, 11) is 0. The molecule has 0 aliphatic heterocycles. The lowest BCUT2D eigenvalue weighted by Gasteiger charge is -2.09. The van der Waals surface area contributed by atoms with Crippen LogP contribution in [0.2, 0.25) is 0 Å². The molecule has 0 saturated carbocycles. The normalized spacial score (nSPS) is 12.1. The largest absolute Gasteiger partial charge is 0.492 e. The van der Waals surface area contributed by atoms with Crippen LogP contribution < -0.4 is 9.54 Å². The Balaban J connectivity index is 2.37. The van der Waals surface area contributed by atoms with Crippen LogP contribution in [0.3, 0.4) is 0 Å². The van der Waals surface area contributed by atoms with Gasteiger partial charge < -0.3 is 9.30 Å². The highest BCUT2D eigenvalue weighted by atomic mass is 32.1. The number of hydrogen-bond donors (Lipinski definition) is 0. The zero-order valence-electron chi connectivity index (χ0n) is 13.3. The summed E-state index contributed by atoms with van der Waals surface area (Å²) in [6, 6.07) is 7.96. The Hall–Kier alpha value is -1.55. The summed E-state index contributed by atoms with van der Waals surface area (Å²) in [5.74, 6) is 1.54. The highest BCUT2D eigenvalue weighted by Gasteiger charge is 2.05. The summed E-state index contributed by atoms with van der Waals surface area (Å²) in [6.07, 6.45) is 1.16. The molecule has 0 saturated heterocycles. The van der Waals surface area contributed by atoms with E-state index in [0.717, 1.165) is 29.2 Å². The van der Waals surface area contributed by atoms with Crippen molar-refractivity contribution in [2.24, 2.45) is 10.9 Å². The van der Waals surface area contributed by atoms with E-state index in [0.29, 0.717) is 12.5 Å². The molecule has 0 aliphatic rings. The van der Waals surface area contributed by atoms with Crippen molar-refractivity contribution in [2.75, 3.05) is 6.61 Å². The average Bonchev–Trinajstić information content (AvgIpc) is 2.79. The van der Waals surface area contributed by atoms with Gasteiger partial charge in [0, 0.05) is 17.6 Å². The smallest absolute Gasteiger partial charge is 0.190 e. The van der Waals surface area contributed by atoms with Crippen LogP contribution in [0, 0.1) is 12.8 Å². The van der Waals surface area contributed by atoms with Crippen molar-refractivity contribution in [2.45, 2.75) is 40.7 Å². The molecule has 2 aromatic rings. The molecule has 2 rings (SSSR count). The quantitative estimate of drug-likeness (QED) is 0.770. The van der Waals surface area contributed by atoms with Crippen LogP contribution in [0.5, 0.6) is 5.75 Å². The fourth-order valence-corrected chi connectivity index (χ4v) is 3.01. The number of ether oxygens (including phenoxy) is 1. The third-order valence-electron chi connectivity index (χ3n) is 3.30. The number of benzene rings is 1. The van der Waals surface area contributed by atoms with Gasteiger partial charge in [-0.15, -0.1) is 11.3 Å². The molecule has 0 N–H and O–H groups in total. The predicted octanol–water partition coefficient (Wildman–Crippen LogP) is 4.54. The molecule has 1 aromatic heterocycles. The topological polar surface area (TPSA) is 26.5 Å². The summed E-state index contributed by atoms with van der Waals surface area (Å²) in [5, 5.41) is 2.17. The van der Waals surface area contributed by atoms with E-state index in [2.05, 4.69) is 30.7 Å². The molecule has 21 heavy (non-hydrogen) atoms. The number of aromatic nitrogens is 1. The second-order valence-corrected chi connectivity index (χ2v) is 6.34. The Morgan fingerprint density at radius 3 is 2.76 bits per heavy atom. The lowest BCUT2D eigenvalue weighted by atomic mass is 10.1. The minimum Gasteiger partial charge on any atom is -0.492 e. The lowest BCUT2D eigenvalue weighted by Crippen LogP contribution is -2.17. The molecule has 0 aliphatic carbocycles. The maximum absolute atomic E-state index is 5.66. The fraction of sp³-hybridized carbons (Fsp3) is 0.471. The zero-order chi connectivity index (χ0) is 15.2. The summed E-state index contributed by atoms with van der Waals surface area (Å²) in [6.45, 7) is 10.3. The molecule has 114 valence electrons. The van der Waals surface area contributed by atoms with Gasteiger partial charge in [0.1, 0.15) is 11.4 Å². The van der Waals surface area contributed by atoms with Gasteiger partial charge in [-0.05, 0) is 38.3 Å². The molecular weight excluding hydrogens is 280 g/mol. The highest BCUT2D eigenvalue weighted by molar-refractivity contribution is 7.07. The summed E-state index contributed by atoms with van der Waals surface area (Å²) in [5.41, 5.74) is 2.17. The van der Waals surface area contributed by atoms with Crippen LogP contribution in [0.15, 0.2) is 34.6 Å². The number of nitrogens with zero attached hydrogens (tertiary/aromatic N) is 2. The van der Waals surface area contributed by atoms with Gasteiger partial charge in [0.25, 0.3) is 0 Å². The molecule has 0 spiro atoms. The molecule has 4 heteroatoms. The molecule has 1 aromatic carbocycles. The molecular formula is C17H24N2OS. The van der Waals surface area contributed by atoms with Gasteiger partial charge in [-0.2, -0.15) is 0 Å². The molecule has 0 bridgehead atoms. The fourth-order valence-electron chi connectivity index (χ4n) is 2.09. The van der Waals surface area contributed by atoms with Gasteiger partial charge in [0.2, 0.25) is 0 Å². The van der Waals surface area contributed by atoms with E-state index in [4.69, 9.17) is 9.73 Å². The molecule has 3 nitrogen and oxygen atoms in total. The van der Waals surface area contributed by atoms with Crippen molar-refractivity contribution in [3.05, 3.63) is 40.1 Å². The van der Waals surface area contributed by atoms with Gasteiger partial charge in [-0.25, -0.2) is 4.99 Å². The number of rotatable bonds is 6. The SMILES string of the molecule is CCOc1ccccc1N=c1scc(C)n1CCC(C)C. The van der Waals surface area contributed by atoms with Crippen molar-refractivity contribution in [3.63, 3.8) is 0 Å². The Morgan fingerprint density at radius 2 is 2.05 bits per heavy atom. The van der Waals surface area contributed by atoms with Crippen molar-refractivity contribution >= 4 is 17.0 Å². The number of para-hydroxylation sites is 2. The summed E-state index contributed by atoms with van der Waals surface area (Å²) >= 11 is 1.69. The van der Waals surface area contributed by atoms with E-state index in [-0.39, 0.29) is 0 Å². The van der Waals surface area contributed by atoms with E-state index in [9.17, 15) is 0 Å². The zero-order valence-corrected chi connectivity index (χ0v) is 14.1. The maximum Gasteiger partial charge on any atom is 0.190 e. The van der Waals surface area contributed by atoms with Gasteiger partial charge in [-0.1, -0.05) is 26.0 Å². The van der Waals surface area contributed by atoms with E-state index in [1.165, 1.54) is 5.69 Å². The summed E-state index contributed by atoms with van der Waals surface area (Å²) < 4.78 is 7.95. The van der Waals surface area contributed by atoms with Crippen LogP contribution in [-0.2, 0) is 6.54 Å². The van der Waals surface area contributed by atoms with Crippen molar-refractivity contribution in [1.82, 2.24) is 4.57 Å². The van der Waals surface area contributed by atoms with Crippen molar-refractivity contribution in [3.8, 4) is 5.75 Å². The Bertz CT molecular complexity index is 640. The Kier molecular flexibility index (Phi) is 5.62. The van der Waals surface area contributed by atoms with E-state index in [1.807, 2.05) is 31.2 Å². The lowest BCUT2D eigenvalue weighted by molar-refractivity contribution is 0.341. The van der Waals surface area contributed by atoms with Crippen molar-refractivity contribution < 1.29 is 4.74 Å². The minimum atomic E-state index is 0.656. The minimum absolute atomic E-state index is 0.656. The average molecular weight is 304 g/mol. The second-order valence-electron chi connectivity index (χ2n) is 5.51. The number of aryl methyl sites for hydroxylation is 1. The van der Waals surface area contributed by atoms with E-state index >= 15 is 0 Å². The number of thiazole rings is 1. The van der Waals surface area contributed by atoms with Crippen molar-refractivity contribution in [1.29, 1.82) is 0 Å². The molecule has 0 fully saturated rings.